The molecule has 1 saturated heterocycles. The quantitative estimate of drug-likeness (QED) is 0.846. The number of anilines is 2. The summed E-state index contributed by atoms with van der Waals surface area (Å²) in [7, 11) is 0. The van der Waals surface area contributed by atoms with Gasteiger partial charge in [0.25, 0.3) is 0 Å². The fraction of sp³-hybridized carbons (Fsp3) is 0.615. The molecule has 0 bridgehead atoms. The van der Waals surface area contributed by atoms with Crippen LogP contribution in [-0.2, 0) is 4.79 Å². The number of hydrogen-bond acceptors (Lipinski definition) is 5. The molecule has 2 N–H and O–H groups in total. The molecule has 0 atom stereocenters. The minimum atomic E-state index is 0.0539. The van der Waals surface area contributed by atoms with E-state index in [0.717, 1.165) is 49.1 Å². The summed E-state index contributed by atoms with van der Waals surface area (Å²) >= 11 is 0. The van der Waals surface area contributed by atoms with E-state index in [0.29, 0.717) is 6.54 Å². The van der Waals surface area contributed by atoms with Crippen LogP contribution in [0, 0.1) is 13.8 Å². The first-order valence-electron chi connectivity index (χ1n) is 6.72. The molecule has 2 rings (SSSR count). The molecule has 0 unspecified atom stereocenters. The summed E-state index contributed by atoms with van der Waals surface area (Å²) in [6.45, 7) is 8.66. The van der Waals surface area contributed by atoms with Gasteiger partial charge in [-0.05, 0) is 27.2 Å². The minimum absolute atomic E-state index is 0.0539. The number of nitrogens with zero attached hydrogens (tertiary/aromatic N) is 3. The van der Waals surface area contributed by atoms with Gasteiger partial charge >= 0.3 is 0 Å². The molecular weight excluding hydrogens is 242 g/mol. The Morgan fingerprint density at radius 3 is 2.89 bits per heavy atom. The molecule has 0 radical (unpaired) electrons. The van der Waals surface area contributed by atoms with E-state index in [-0.39, 0.29) is 5.91 Å². The zero-order chi connectivity index (χ0) is 13.8. The SMILES string of the molecule is CCNc1nc(C)nc(N2CCCNC(=O)C2)c1C. The minimum Gasteiger partial charge on any atom is -0.370 e. The van der Waals surface area contributed by atoms with Crippen molar-refractivity contribution in [1.29, 1.82) is 0 Å². The molecule has 6 heteroatoms. The first-order chi connectivity index (χ1) is 9.11. The molecule has 0 saturated carbocycles. The molecule has 1 aromatic heterocycles. The lowest BCUT2D eigenvalue weighted by Crippen LogP contribution is -2.34. The Morgan fingerprint density at radius 2 is 2.16 bits per heavy atom. The lowest BCUT2D eigenvalue weighted by Gasteiger charge is -2.23. The molecule has 1 aliphatic rings. The molecule has 2 heterocycles. The van der Waals surface area contributed by atoms with Gasteiger partial charge in [-0.25, -0.2) is 9.97 Å². The Labute approximate surface area is 113 Å². The average Bonchev–Trinajstić information content (AvgIpc) is 2.58. The molecule has 1 aliphatic heterocycles. The molecule has 0 aromatic carbocycles. The number of aromatic nitrogens is 2. The van der Waals surface area contributed by atoms with Gasteiger partial charge < -0.3 is 15.5 Å². The van der Waals surface area contributed by atoms with E-state index < -0.39 is 0 Å². The predicted molar refractivity (Wildman–Crippen MR) is 75.5 cm³/mol. The Morgan fingerprint density at radius 1 is 1.37 bits per heavy atom. The van der Waals surface area contributed by atoms with Crippen LogP contribution in [0.4, 0.5) is 11.6 Å². The Hall–Kier alpha value is -1.85. The van der Waals surface area contributed by atoms with Gasteiger partial charge in [-0.15, -0.1) is 0 Å². The van der Waals surface area contributed by atoms with Crippen molar-refractivity contribution in [3.8, 4) is 0 Å². The molecule has 1 amide bonds. The summed E-state index contributed by atoms with van der Waals surface area (Å²) in [4.78, 5) is 22.6. The Bertz CT molecular complexity index is 474. The van der Waals surface area contributed by atoms with Crippen molar-refractivity contribution in [3.05, 3.63) is 11.4 Å². The van der Waals surface area contributed by atoms with Crippen molar-refractivity contribution in [1.82, 2.24) is 15.3 Å². The third-order valence-electron chi connectivity index (χ3n) is 3.14. The van der Waals surface area contributed by atoms with Gasteiger partial charge in [0.2, 0.25) is 5.91 Å². The highest BCUT2D eigenvalue weighted by Gasteiger charge is 2.20. The summed E-state index contributed by atoms with van der Waals surface area (Å²) in [6.07, 6.45) is 0.935. The van der Waals surface area contributed by atoms with E-state index in [1.165, 1.54) is 0 Å². The molecule has 6 nitrogen and oxygen atoms in total. The van der Waals surface area contributed by atoms with Gasteiger partial charge in [-0.1, -0.05) is 0 Å². The summed E-state index contributed by atoms with van der Waals surface area (Å²) in [5.41, 5.74) is 1.00. The van der Waals surface area contributed by atoms with Gasteiger partial charge in [0.15, 0.2) is 0 Å². The maximum absolute atomic E-state index is 11.7. The summed E-state index contributed by atoms with van der Waals surface area (Å²) in [5, 5.41) is 6.12. The van der Waals surface area contributed by atoms with E-state index in [1.807, 2.05) is 25.7 Å². The van der Waals surface area contributed by atoms with Crippen LogP contribution < -0.4 is 15.5 Å². The molecule has 1 aromatic rings. The summed E-state index contributed by atoms with van der Waals surface area (Å²) in [5.74, 6) is 2.49. The van der Waals surface area contributed by atoms with Crippen LogP contribution >= 0.6 is 0 Å². The smallest absolute Gasteiger partial charge is 0.239 e. The first kappa shape index (κ1) is 13.6. The van der Waals surface area contributed by atoms with Gasteiger partial charge in [0.1, 0.15) is 17.5 Å². The van der Waals surface area contributed by atoms with Gasteiger partial charge in [0, 0.05) is 25.2 Å². The average molecular weight is 263 g/mol. The van der Waals surface area contributed by atoms with Crippen LogP contribution in [0.5, 0.6) is 0 Å². The van der Waals surface area contributed by atoms with E-state index in [1.54, 1.807) is 0 Å². The van der Waals surface area contributed by atoms with Crippen LogP contribution in [0.25, 0.3) is 0 Å². The molecule has 19 heavy (non-hydrogen) atoms. The first-order valence-corrected chi connectivity index (χ1v) is 6.72. The van der Waals surface area contributed by atoms with Crippen molar-refractivity contribution in [3.63, 3.8) is 0 Å². The number of carbonyl (C=O) groups is 1. The maximum atomic E-state index is 11.7. The third-order valence-corrected chi connectivity index (χ3v) is 3.14. The van der Waals surface area contributed by atoms with Crippen LogP contribution in [0.15, 0.2) is 0 Å². The van der Waals surface area contributed by atoms with Crippen LogP contribution in [0.1, 0.15) is 24.7 Å². The maximum Gasteiger partial charge on any atom is 0.239 e. The van der Waals surface area contributed by atoms with E-state index in [4.69, 9.17) is 0 Å². The summed E-state index contributed by atoms with van der Waals surface area (Å²) < 4.78 is 0. The highest BCUT2D eigenvalue weighted by molar-refractivity contribution is 5.82. The van der Waals surface area contributed by atoms with E-state index >= 15 is 0 Å². The van der Waals surface area contributed by atoms with E-state index in [9.17, 15) is 4.79 Å². The van der Waals surface area contributed by atoms with Crippen LogP contribution in [0.2, 0.25) is 0 Å². The van der Waals surface area contributed by atoms with Crippen molar-refractivity contribution in [2.24, 2.45) is 0 Å². The Kier molecular flexibility index (Phi) is 4.19. The molecule has 0 spiro atoms. The second-order valence-corrected chi connectivity index (χ2v) is 4.72. The molecule has 1 fully saturated rings. The largest absolute Gasteiger partial charge is 0.370 e. The van der Waals surface area contributed by atoms with Crippen molar-refractivity contribution < 1.29 is 4.79 Å². The number of rotatable bonds is 3. The van der Waals surface area contributed by atoms with Gasteiger partial charge in [-0.3, -0.25) is 4.79 Å². The van der Waals surface area contributed by atoms with Crippen molar-refractivity contribution in [2.45, 2.75) is 27.2 Å². The van der Waals surface area contributed by atoms with Gasteiger partial charge in [0.05, 0.1) is 6.54 Å². The standard InChI is InChI=1S/C13H21N5O/c1-4-14-12-9(2)13(17-10(3)16-12)18-7-5-6-15-11(19)8-18/h4-8H2,1-3H3,(H,15,19)(H,14,16,17). The fourth-order valence-electron chi connectivity index (χ4n) is 2.25. The zero-order valence-electron chi connectivity index (χ0n) is 11.8. The number of carbonyl (C=O) groups excluding carboxylic acids is 1. The number of nitrogens with one attached hydrogen (secondary N) is 2. The van der Waals surface area contributed by atoms with Crippen LogP contribution in [-0.4, -0.2) is 42.1 Å². The van der Waals surface area contributed by atoms with Crippen molar-refractivity contribution >= 4 is 17.5 Å². The van der Waals surface area contributed by atoms with Gasteiger partial charge in [-0.2, -0.15) is 0 Å². The fourth-order valence-corrected chi connectivity index (χ4v) is 2.25. The number of aryl methyl sites for hydroxylation is 1. The molecule has 104 valence electrons. The van der Waals surface area contributed by atoms with E-state index in [2.05, 4.69) is 20.6 Å². The topological polar surface area (TPSA) is 70.2 Å². The highest BCUT2D eigenvalue weighted by atomic mass is 16.2. The van der Waals surface area contributed by atoms with Crippen LogP contribution in [0.3, 0.4) is 0 Å². The summed E-state index contributed by atoms with van der Waals surface area (Å²) in [6, 6.07) is 0. The normalized spacial score (nSPS) is 15.9. The Balaban J connectivity index is 2.34. The third kappa shape index (κ3) is 3.13. The highest BCUT2D eigenvalue weighted by Crippen LogP contribution is 2.23. The van der Waals surface area contributed by atoms with Crippen molar-refractivity contribution in [2.75, 3.05) is 36.4 Å². The monoisotopic (exact) mass is 263 g/mol. The second-order valence-electron chi connectivity index (χ2n) is 4.72. The lowest BCUT2D eigenvalue weighted by atomic mass is 10.2. The predicted octanol–water partition coefficient (Wildman–Crippen LogP) is 0.852. The number of amides is 1. The lowest BCUT2D eigenvalue weighted by molar-refractivity contribution is -0.119. The second kappa shape index (κ2) is 5.86. The molecular formula is C13H21N5O. The zero-order valence-corrected chi connectivity index (χ0v) is 11.8. The molecule has 0 aliphatic carbocycles. The number of hydrogen-bond donors (Lipinski definition) is 2.